The molecule has 94 valence electrons. The van der Waals surface area contributed by atoms with Gasteiger partial charge in [0, 0.05) is 17.1 Å². The molecule has 3 rings (SSSR count). The maximum Gasteiger partial charge on any atom is 0.0969 e. The van der Waals surface area contributed by atoms with Gasteiger partial charge in [-0.25, -0.2) is 4.68 Å². The highest BCUT2D eigenvalue weighted by Gasteiger charge is 2.20. The van der Waals surface area contributed by atoms with Gasteiger partial charge in [-0.3, -0.25) is 0 Å². The van der Waals surface area contributed by atoms with Crippen LogP contribution >= 0.6 is 15.9 Å². The Balaban J connectivity index is 1.76. The van der Waals surface area contributed by atoms with Gasteiger partial charge in [-0.2, -0.15) is 0 Å². The van der Waals surface area contributed by atoms with E-state index >= 15 is 0 Å². The molecule has 0 amide bonds. The van der Waals surface area contributed by atoms with E-state index in [0.717, 1.165) is 22.4 Å². The topological polar surface area (TPSA) is 42.7 Å². The maximum atomic E-state index is 4.18. The number of aromatic nitrogens is 3. The van der Waals surface area contributed by atoms with E-state index in [1.165, 1.54) is 18.4 Å². The molecule has 1 saturated carbocycles. The highest BCUT2D eigenvalue weighted by Crippen LogP contribution is 2.20. The van der Waals surface area contributed by atoms with Crippen LogP contribution in [0.3, 0.4) is 0 Å². The fourth-order valence-corrected chi connectivity index (χ4v) is 2.13. The minimum atomic E-state index is 0.698. The van der Waals surface area contributed by atoms with Crippen LogP contribution in [-0.4, -0.2) is 21.0 Å². The molecule has 2 aromatic rings. The van der Waals surface area contributed by atoms with Gasteiger partial charge in [-0.1, -0.05) is 27.2 Å². The second-order valence-corrected chi connectivity index (χ2v) is 5.60. The average molecular weight is 307 g/mol. The van der Waals surface area contributed by atoms with Gasteiger partial charge < -0.3 is 5.32 Å². The van der Waals surface area contributed by atoms with Crippen molar-refractivity contribution in [1.82, 2.24) is 20.3 Å². The molecule has 0 bridgehead atoms. The van der Waals surface area contributed by atoms with Crippen LogP contribution in [0, 0.1) is 6.92 Å². The zero-order chi connectivity index (χ0) is 12.5. The lowest BCUT2D eigenvalue weighted by Crippen LogP contribution is -2.15. The van der Waals surface area contributed by atoms with Gasteiger partial charge in [-0.15, -0.1) is 5.10 Å². The van der Waals surface area contributed by atoms with E-state index in [1.807, 2.05) is 16.9 Å². The third-order valence-electron chi connectivity index (χ3n) is 3.11. The molecule has 1 fully saturated rings. The molecule has 18 heavy (non-hydrogen) atoms. The Morgan fingerprint density at radius 1 is 1.44 bits per heavy atom. The molecule has 5 heteroatoms. The monoisotopic (exact) mass is 306 g/mol. The van der Waals surface area contributed by atoms with E-state index in [0.29, 0.717) is 6.04 Å². The minimum absolute atomic E-state index is 0.698. The highest BCUT2D eigenvalue weighted by molar-refractivity contribution is 9.10. The van der Waals surface area contributed by atoms with Crippen molar-refractivity contribution in [3.8, 4) is 5.69 Å². The van der Waals surface area contributed by atoms with Crippen molar-refractivity contribution in [2.24, 2.45) is 0 Å². The Bertz CT molecular complexity index is 560. The van der Waals surface area contributed by atoms with Crippen molar-refractivity contribution in [2.75, 3.05) is 0 Å². The lowest BCUT2D eigenvalue weighted by Gasteiger charge is -2.03. The number of rotatable bonds is 4. The summed E-state index contributed by atoms with van der Waals surface area (Å²) in [7, 11) is 0. The lowest BCUT2D eigenvalue weighted by atomic mass is 10.2. The highest BCUT2D eigenvalue weighted by atomic mass is 79.9. The number of hydrogen-bond acceptors (Lipinski definition) is 3. The fraction of sp³-hybridized carbons (Fsp3) is 0.385. The van der Waals surface area contributed by atoms with Crippen LogP contribution in [0.15, 0.2) is 28.9 Å². The van der Waals surface area contributed by atoms with Crippen molar-refractivity contribution in [3.63, 3.8) is 0 Å². The van der Waals surface area contributed by atoms with Crippen LogP contribution in [0.5, 0.6) is 0 Å². The van der Waals surface area contributed by atoms with Crippen molar-refractivity contribution >= 4 is 15.9 Å². The van der Waals surface area contributed by atoms with E-state index in [-0.39, 0.29) is 0 Å². The number of benzene rings is 1. The summed E-state index contributed by atoms with van der Waals surface area (Å²) >= 11 is 3.53. The molecule has 0 spiro atoms. The van der Waals surface area contributed by atoms with Crippen molar-refractivity contribution in [2.45, 2.75) is 32.4 Å². The van der Waals surface area contributed by atoms with E-state index in [4.69, 9.17) is 0 Å². The van der Waals surface area contributed by atoms with Crippen molar-refractivity contribution < 1.29 is 0 Å². The summed E-state index contributed by atoms with van der Waals surface area (Å²) in [5.41, 5.74) is 3.23. The van der Waals surface area contributed by atoms with Crippen LogP contribution in [0.4, 0.5) is 0 Å². The first-order valence-electron chi connectivity index (χ1n) is 6.13. The number of nitrogens with zero attached hydrogens (tertiary/aromatic N) is 3. The molecule has 0 saturated heterocycles. The summed E-state index contributed by atoms with van der Waals surface area (Å²) in [6.07, 6.45) is 4.56. The van der Waals surface area contributed by atoms with E-state index in [9.17, 15) is 0 Å². The van der Waals surface area contributed by atoms with E-state index in [1.54, 1.807) is 0 Å². The van der Waals surface area contributed by atoms with Gasteiger partial charge in [0.05, 0.1) is 17.6 Å². The normalized spacial score (nSPS) is 15.0. The summed E-state index contributed by atoms with van der Waals surface area (Å²) in [5, 5.41) is 11.8. The molecule has 1 N–H and O–H groups in total. The SMILES string of the molecule is Cc1ccc(-n2cc(CNC3CC3)nn2)cc1Br. The summed E-state index contributed by atoms with van der Waals surface area (Å²) in [5.74, 6) is 0. The summed E-state index contributed by atoms with van der Waals surface area (Å²) in [4.78, 5) is 0. The van der Waals surface area contributed by atoms with E-state index in [2.05, 4.69) is 50.6 Å². The van der Waals surface area contributed by atoms with Gasteiger partial charge in [0.1, 0.15) is 0 Å². The molecular weight excluding hydrogens is 292 g/mol. The molecule has 1 aliphatic rings. The molecule has 4 nitrogen and oxygen atoms in total. The Morgan fingerprint density at radius 3 is 3.00 bits per heavy atom. The fourth-order valence-electron chi connectivity index (χ4n) is 1.77. The zero-order valence-electron chi connectivity index (χ0n) is 10.2. The Hall–Kier alpha value is -1.20. The average Bonchev–Trinajstić information content (AvgIpc) is 3.08. The number of nitrogens with one attached hydrogen (secondary N) is 1. The lowest BCUT2D eigenvalue weighted by molar-refractivity contribution is 0.671. The summed E-state index contributed by atoms with van der Waals surface area (Å²) in [6, 6.07) is 6.88. The predicted octanol–water partition coefficient (Wildman–Crippen LogP) is 2.59. The van der Waals surface area contributed by atoms with Gasteiger partial charge in [0.15, 0.2) is 0 Å². The van der Waals surface area contributed by atoms with Crippen LogP contribution in [0.2, 0.25) is 0 Å². The van der Waals surface area contributed by atoms with Crippen LogP contribution < -0.4 is 5.32 Å². The quantitative estimate of drug-likeness (QED) is 0.944. The predicted molar refractivity (Wildman–Crippen MR) is 73.7 cm³/mol. The first-order chi connectivity index (χ1) is 8.72. The van der Waals surface area contributed by atoms with Gasteiger partial charge in [-0.05, 0) is 37.5 Å². The van der Waals surface area contributed by atoms with Crippen molar-refractivity contribution in [1.29, 1.82) is 0 Å². The number of halogens is 1. The molecule has 1 aromatic heterocycles. The molecular formula is C13H15BrN4. The standard InChI is InChI=1S/C13H15BrN4/c1-9-2-5-12(6-13(9)14)18-8-11(16-17-18)7-15-10-3-4-10/h2,5-6,8,10,15H,3-4,7H2,1H3. The smallest absolute Gasteiger partial charge is 0.0969 e. The van der Waals surface area contributed by atoms with Crippen LogP contribution in [0.1, 0.15) is 24.1 Å². The van der Waals surface area contributed by atoms with Crippen LogP contribution in [-0.2, 0) is 6.54 Å². The molecule has 1 aromatic carbocycles. The van der Waals surface area contributed by atoms with Gasteiger partial charge in [0.25, 0.3) is 0 Å². The second-order valence-electron chi connectivity index (χ2n) is 4.74. The molecule has 0 unspecified atom stereocenters. The molecule has 0 radical (unpaired) electrons. The Morgan fingerprint density at radius 2 is 2.28 bits per heavy atom. The zero-order valence-corrected chi connectivity index (χ0v) is 11.8. The first-order valence-corrected chi connectivity index (χ1v) is 6.93. The Kier molecular flexibility index (Phi) is 3.18. The summed E-state index contributed by atoms with van der Waals surface area (Å²) < 4.78 is 2.90. The molecule has 1 heterocycles. The minimum Gasteiger partial charge on any atom is -0.308 e. The third kappa shape index (κ3) is 2.62. The van der Waals surface area contributed by atoms with Gasteiger partial charge in [0.2, 0.25) is 0 Å². The molecule has 1 aliphatic carbocycles. The third-order valence-corrected chi connectivity index (χ3v) is 3.96. The Labute approximate surface area is 115 Å². The largest absolute Gasteiger partial charge is 0.308 e. The maximum absolute atomic E-state index is 4.18. The van der Waals surface area contributed by atoms with Gasteiger partial charge >= 0.3 is 0 Å². The summed E-state index contributed by atoms with van der Waals surface area (Å²) in [6.45, 7) is 2.87. The number of hydrogen-bond donors (Lipinski definition) is 1. The second kappa shape index (κ2) is 4.82. The first kappa shape index (κ1) is 11.9. The molecule has 0 aliphatic heterocycles. The van der Waals surface area contributed by atoms with E-state index < -0.39 is 0 Å². The van der Waals surface area contributed by atoms with Crippen molar-refractivity contribution in [3.05, 3.63) is 40.1 Å². The van der Waals surface area contributed by atoms with Crippen LogP contribution in [0.25, 0.3) is 5.69 Å². The number of aryl methyl sites for hydroxylation is 1. The molecule has 0 atom stereocenters.